The number of aromatic nitrogens is 1. The first-order valence-corrected chi connectivity index (χ1v) is 6.56. The van der Waals surface area contributed by atoms with Crippen molar-refractivity contribution >= 4 is 21.8 Å². The number of aryl methyl sites for hydroxylation is 1. The van der Waals surface area contributed by atoms with E-state index in [0.717, 1.165) is 29.8 Å². The van der Waals surface area contributed by atoms with Crippen LogP contribution in [0.4, 0.5) is 0 Å². The van der Waals surface area contributed by atoms with Crippen molar-refractivity contribution in [3.05, 3.63) is 22.4 Å². The molecule has 1 aliphatic heterocycles. The smallest absolute Gasteiger partial charge is 0.271 e. The van der Waals surface area contributed by atoms with Gasteiger partial charge >= 0.3 is 0 Å². The first-order valence-electron chi connectivity index (χ1n) is 5.76. The molecule has 94 valence electrons. The number of nitrogens with zero attached hydrogens (tertiary/aromatic N) is 2. The topological polar surface area (TPSA) is 37.3 Å². The molecular formula is C12H18BrN3O. The summed E-state index contributed by atoms with van der Waals surface area (Å²) in [6.45, 7) is 6.64. The molecule has 2 heterocycles. The number of rotatable bonds is 1. The molecule has 1 aromatic rings. The minimum Gasteiger partial charge on any atom is -0.345 e. The lowest BCUT2D eigenvalue weighted by molar-refractivity contribution is 0.0468. The van der Waals surface area contributed by atoms with Gasteiger partial charge in [-0.15, -0.1) is 0 Å². The zero-order valence-electron chi connectivity index (χ0n) is 10.5. The Morgan fingerprint density at radius 3 is 2.76 bits per heavy atom. The number of nitrogens with one attached hydrogen (secondary N) is 1. The first-order chi connectivity index (χ1) is 7.92. The van der Waals surface area contributed by atoms with Gasteiger partial charge < -0.3 is 14.8 Å². The van der Waals surface area contributed by atoms with Gasteiger partial charge in [-0.05, 0) is 35.8 Å². The Morgan fingerprint density at radius 1 is 1.53 bits per heavy atom. The van der Waals surface area contributed by atoms with E-state index in [0.29, 0.717) is 0 Å². The SMILES string of the molecule is Cn1cc(Br)cc1C(=O)N1CCNCC1(C)C. The van der Waals surface area contributed by atoms with E-state index in [9.17, 15) is 4.79 Å². The van der Waals surface area contributed by atoms with Gasteiger partial charge in [0.05, 0.1) is 5.54 Å². The number of hydrogen-bond donors (Lipinski definition) is 1. The molecule has 0 saturated carbocycles. The van der Waals surface area contributed by atoms with Crippen molar-refractivity contribution in [3.63, 3.8) is 0 Å². The quantitative estimate of drug-likeness (QED) is 0.855. The predicted octanol–water partition coefficient (Wildman–Crippen LogP) is 1.61. The molecule has 1 saturated heterocycles. The standard InChI is InChI=1S/C12H18BrN3O/c1-12(2)8-14-4-5-16(12)11(17)10-6-9(13)7-15(10)3/h6-7,14H,4-5,8H2,1-3H3. The van der Waals surface area contributed by atoms with Crippen molar-refractivity contribution in [2.24, 2.45) is 7.05 Å². The first kappa shape index (κ1) is 12.6. The summed E-state index contributed by atoms with van der Waals surface area (Å²) in [7, 11) is 1.90. The van der Waals surface area contributed by atoms with Gasteiger partial charge in [0, 0.05) is 37.4 Å². The summed E-state index contributed by atoms with van der Waals surface area (Å²) in [5.41, 5.74) is 0.596. The fourth-order valence-electron chi connectivity index (χ4n) is 2.23. The van der Waals surface area contributed by atoms with Crippen LogP contribution >= 0.6 is 15.9 Å². The molecule has 0 atom stereocenters. The van der Waals surface area contributed by atoms with Crippen LogP contribution in [-0.2, 0) is 7.05 Å². The Kier molecular flexibility index (Phi) is 3.32. The largest absolute Gasteiger partial charge is 0.345 e. The molecule has 0 spiro atoms. The van der Waals surface area contributed by atoms with E-state index in [4.69, 9.17) is 0 Å². The lowest BCUT2D eigenvalue weighted by Gasteiger charge is -2.42. The number of halogens is 1. The van der Waals surface area contributed by atoms with E-state index < -0.39 is 0 Å². The van der Waals surface area contributed by atoms with E-state index in [2.05, 4.69) is 35.1 Å². The molecule has 1 aliphatic rings. The summed E-state index contributed by atoms with van der Waals surface area (Å²) < 4.78 is 2.81. The van der Waals surface area contributed by atoms with Crippen LogP contribution < -0.4 is 5.32 Å². The zero-order chi connectivity index (χ0) is 12.6. The second-order valence-corrected chi connectivity index (χ2v) is 6.02. The van der Waals surface area contributed by atoms with Crippen molar-refractivity contribution in [2.75, 3.05) is 19.6 Å². The molecule has 0 aromatic carbocycles. The van der Waals surface area contributed by atoms with Gasteiger partial charge in [0.1, 0.15) is 5.69 Å². The fraction of sp³-hybridized carbons (Fsp3) is 0.583. The average molecular weight is 300 g/mol. The highest BCUT2D eigenvalue weighted by Gasteiger charge is 2.34. The van der Waals surface area contributed by atoms with E-state index in [1.54, 1.807) is 0 Å². The molecule has 1 N–H and O–H groups in total. The van der Waals surface area contributed by atoms with Crippen molar-refractivity contribution < 1.29 is 4.79 Å². The van der Waals surface area contributed by atoms with Crippen LogP contribution in [0.5, 0.6) is 0 Å². The molecule has 2 rings (SSSR count). The molecule has 0 bridgehead atoms. The number of carbonyl (C=O) groups is 1. The van der Waals surface area contributed by atoms with Gasteiger partial charge in [0.25, 0.3) is 5.91 Å². The molecule has 17 heavy (non-hydrogen) atoms. The van der Waals surface area contributed by atoms with Crippen molar-refractivity contribution in [3.8, 4) is 0 Å². The third kappa shape index (κ3) is 2.40. The molecule has 0 radical (unpaired) electrons. The number of carbonyl (C=O) groups excluding carboxylic acids is 1. The fourth-order valence-corrected chi connectivity index (χ4v) is 2.76. The summed E-state index contributed by atoms with van der Waals surface area (Å²) in [6.07, 6.45) is 1.91. The average Bonchev–Trinajstić information content (AvgIpc) is 2.56. The lowest BCUT2D eigenvalue weighted by atomic mass is 9.99. The van der Waals surface area contributed by atoms with Crippen LogP contribution in [0.1, 0.15) is 24.3 Å². The van der Waals surface area contributed by atoms with Gasteiger partial charge in [-0.25, -0.2) is 0 Å². The Labute approximate surface area is 110 Å². The van der Waals surface area contributed by atoms with Crippen LogP contribution in [0.15, 0.2) is 16.7 Å². The Hall–Kier alpha value is -0.810. The minimum absolute atomic E-state index is 0.102. The van der Waals surface area contributed by atoms with Gasteiger partial charge in [-0.2, -0.15) is 0 Å². The highest BCUT2D eigenvalue weighted by atomic mass is 79.9. The molecule has 4 nitrogen and oxygen atoms in total. The van der Waals surface area contributed by atoms with Gasteiger partial charge in [0.2, 0.25) is 0 Å². The second-order valence-electron chi connectivity index (χ2n) is 5.10. The Bertz CT molecular complexity index is 439. The number of piperazine rings is 1. The normalized spacial score (nSPS) is 19.4. The van der Waals surface area contributed by atoms with E-state index in [1.807, 2.05) is 28.8 Å². The van der Waals surface area contributed by atoms with Gasteiger partial charge in [0.15, 0.2) is 0 Å². The molecular weight excluding hydrogens is 282 g/mol. The maximum atomic E-state index is 12.5. The molecule has 5 heteroatoms. The van der Waals surface area contributed by atoms with Crippen LogP contribution in [0.2, 0.25) is 0 Å². The van der Waals surface area contributed by atoms with Gasteiger partial charge in [-0.3, -0.25) is 4.79 Å². The van der Waals surface area contributed by atoms with E-state index in [-0.39, 0.29) is 11.4 Å². The Morgan fingerprint density at radius 2 is 2.24 bits per heavy atom. The maximum absolute atomic E-state index is 12.5. The summed E-state index contributed by atoms with van der Waals surface area (Å²) in [4.78, 5) is 14.5. The van der Waals surface area contributed by atoms with Crippen LogP contribution in [0, 0.1) is 0 Å². The highest BCUT2D eigenvalue weighted by molar-refractivity contribution is 9.10. The van der Waals surface area contributed by atoms with E-state index >= 15 is 0 Å². The lowest BCUT2D eigenvalue weighted by Crippen LogP contribution is -2.60. The van der Waals surface area contributed by atoms with E-state index in [1.165, 1.54) is 0 Å². The van der Waals surface area contributed by atoms with Crippen molar-refractivity contribution in [1.82, 2.24) is 14.8 Å². The monoisotopic (exact) mass is 299 g/mol. The number of amides is 1. The van der Waals surface area contributed by atoms with Crippen molar-refractivity contribution in [1.29, 1.82) is 0 Å². The van der Waals surface area contributed by atoms with Crippen LogP contribution in [0.3, 0.4) is 0 Å². The number of hydrogen-bond acceptors (Lipinski definition) is 2. The highest BCUT2D eigenvalue weighted by Crippen LogP contribution is 2.21. The molecule has 1 aromatic heterocycles. The van der Waals surface area contributed by atoms with Crippen LogP contribution in [0.25, 0.3) is 0 Å². The molecule has 1 amide bonds. The summed E-state index contributed by atoms with van der Waals surface area (Å²) in [5, 5.41) is 3.32. The van der Waals surface area contributed by atoms with Gasteiger partial charge in [-0.1, -0.05) is 0 Å². The minimum atomic E-state index is -0.133. The van der Waals surface area contributed by atoms with Crippen molar-refractivity contribution in [2.45, 2.75) is 19.4 Å². The zero-order valence-corrected chi connectivity index (χ0v) is 12.0. The Balaban J connectivity index is 2.28. The van der Waals surface area contributed by atoms with Crippen LogP contribution in [-0.4, -0.2) is 40.5 Å². The second kappa shape index (κ2) is 4.46. The third-order valence-corrected chi connectivity index (χ3v) is 3.67. The molecule has 0 unspecified atom stereocenters. The molecule has 1 fully saturated rings. The third-order valence-electron chi connectivity index (χ3n) is 3.24. The molecule has 0 aliphatic carbocycles. The summed E-state index contributed by atoms with van der Waals surface area (Å²) >= 11 is 3.40. The predicted molar refractivity (Wildman–Crippen MR) is 71.1 cm³/mol. The summed E-state index contributed by atoms with van der Waals surface area (Å²) in [6, 6.07) is 1.88. The maximum Gasteiger partial charge on any atom is 0.271 e. The summed E-state index contributed by atoms with van der Waals surface area (Å²) in [5.74, 6) is 0.102.